The minimum Gasteiger partial charge on any atom is -0.489 e. The van der Waals surface area contributed by atoms with E-state index in [4.69, 9.17) is 4.74 Å². The second-order valence-corrected chi connectivity index (χ2v) is 6.15. The van der Waals surface area contributed by atoms with Crippen LogP contribution in [0.15, 0.2) is 54.6 Å². The first kappa shape index (κ1) is 14.6. The van der Waals surface area contributed by atoms with E-state index in [-0.39, 0.29) is 5.54 Å². The number of fused-ring (bicyclic) bond motifs is 1. The van der Waals surface area contributed by atoms with Crippen LogP contribution in [0, 0.1) is 0 Å². The first-order valence-corrected chi connectivity index (χ1v) is 6.97. The summed E-state index contributed by atoms with van der Waals surface area (Å²) in [7, 11) is 0. The van der Waals surface area contributed by atoms with Gasteiger partial charge < -0.3 is 10.1 Å². The van der Waals surface area contributed by atoms with Crippen molar-refractivity contribution in [3.63, 3.8) is 0 Å². The summed E-state index contributed by atoms with van der Waals surface area (Å²) in [6, 6.07) is 14.4. The van der Waals surface area contributed by atoms with E-state index in [1.807, 2.05) is 18.2 Å². The molecule has 2 rings (SSSR count). The van der Waals surface area contributed by atoms with Crippen LogP contribution in [0.3, 0.4) is 0 Å². The smallest absolute Gasteiger partial charge is 0.120 e. The fraction of sp³-hybridized carbons (Fsp3) is 0.333. The normalized spacial score (nSPS) is 11.6. The molecule has 0 atom stereocenters. The van der Waals surface area contributed by atoms with Crippen LogP contribution in [0.5, 0.6) is 5.75 Å². The number of ether oxygens (including phenoxy) is 1. The minimum atomic E-state index is 0.103. The van der Waals surface area contributed by atoms with Crippen LogP contribution in [0.2, 0.25) is 0 Å². The molecule has 0 aliphatic rings. The van der Waals surface area contributed by atoms with Crippen LogP contribution in [-0.2, 0) is 0 Å². The third-order valence-electron chi connectivity index (χ3n) is 3.03. The summed E-state index contributed by atoms with van der Waals surface area (Å²) in [6.45, 7) is 11.8. The maximum Gasteiger partial charge on any atom is 0.120 e. The molecular formula is C18H23NO. The van der Waals surface area contributed by atoms with Crippen LogP contribution in [0.1, 0.15) is 20.8 Å². The van der Waals surface area contributed by atoms with Crippen LogP contribution in [0.25, 0.3) is 10.8 Å². The highest BCUT2D eigenvalue weighted by atomic mass is 16.5. The van der Waals surface area contributed by atoms with Crippen molar-refractivity contribution in [3.8, 4) is 5.75 Å². The van der Waals surface area contributed by atoms with Crippen molar-refractivity contribution in [2.45, 2.75) is 26.3 Å². The monoisotopic (exact) mass is 269 g/mol. The molecule has 0 amide bonds. The van der Waals surface area contributed by atoms with Gasteiger partial charge >= 0.3 is 0 Å². The Balaban J connectivity index is 1.90. The van der Waals surface area contributed by atoms with Crippen LogP contribution in [-0.4, -0.2) is 18.7 Å². The van der Waals surface area contributed by atoms with Crippen LogP contribution >= 0.6 is 0 Å². The Morgan fingerprint density at radius 2 is 1.80 bits per heavy atom. The molecule has 0 saturated carbocycles. The zero-order chi connectivity index (χ0) is 14.6. The van der Waals surface area contributed by atoms with Gasteiger partial charge in [-0.25, -0.2) is 0 Å². The Labute approximate surface area is 121 Å². The standard InChI is InChI=1S/C18H23NO/c1-14(12-19-18(2,3)4)13-20-17-10-9-15-7-5-6-8-16(15)11-17/h5-11,19H,1,12-13H2,2-4H3. The van der Waals surface area contributed by atoms with Crippen molar-refractivity contribution in [1.29, 1.82) is 0 Å². The first-order chi connectivity index (χ1) is 9.44. The molecule has 0 spiro atoms. The summed E-state index contributed by atoms with van der Waals surface area (Å²) in [5.74, 6) is 0.889. The maximum atomic E-state index is 5.80. The van der Waals surface area contributed by atoms with Crippen molar-refractivity contribution >= 4 is 10.8 Å². The van der Waals surface area contributed by atoms with Gasteiger partial charge in [0.15, 0.2) is 0 Å². The summed E-state index contributed by atoms with van der Waals surface area (Å²) in [6.07, 6.45) is 0. The van der Waals surface area contributed by atoms with Gasteiger partial charge in [-0.2, -0.15) is 0 Å². The lowest BCUT2D eigenvalue weighted by Crippen LogP contribution is -2.37. The Bertz CT molecular complexity index is 596. The molecule has 0 aliphatic carbocycles. The molecule has 2 aromatic rings. The van der Waals surface area contributed by atoms with E-state index in [1.54, 1.807) is 0 Å². The molecule has 0 radical (unpaired) electrons. The zero-order valence-electron chi connectivity index (χ0n) is 12.6. The van der Waals surface area contributed by atoms with E-state index in [1.165, 1.54) is 10.8 Å². The van der Waals surface area contributed by atoms with Gasteiger partial charge in [0, 0.05) is 12.1 Å². The lowest BCUT2D eigenvalue weighted by atomic mass is 10.1. The number of hydrogen-bond acceptors (Lipinski definition) is 2. The van der Waals surface area contributed by atoms with E-state index in [2.05, 4.69) is 56.9 Å². The van der Waals surface area contributed by atoms with Crippen LogP contribution < -0.4 is 10.1 Å². The van der Waals surface area contributed by atoms with Gasteiger partial charge in [-0.05, 0) is 49.2 Å². The second-order valence-electron chi connectivity index (χ2n) is 6.15. The number of hydrogen-bond donors (Lipinski definition) is 1. The van der Waals surface area contributed by atoms with Gasteiger partial charge in [-0.3, -0.25) is 0 Å². The Morgan fingerprint density at radius 1 is 1.10 bits per heavy atom. The average Bonchev–Trinajstić information content (AvgIpc) is 2.42. The predicted molar refractivity (Wildman–Crippen MR) is 86.3 cm³/mol. The molecule has 106 valence electrons. The SMILES string of the molecule is C=C(CNC(C)(C)C)COc1ccc2ccccc2c1. The van der Waals surface area contributed by atoms with E-state index in [0.717, 1.165) is 17.9 Å². The third-order valence-corrected chi connectivity index (χ3v) is 3.03. The number of rotatable bonds is 5. The van der Waals surface area contributed by atoms with E-state index >= 15 is 0 Å². The van der Waals surface area contributed by atoms with Crippen molar-refractivity contribution < 1.29 is 4.74 Å². The highest BCUT2D eigenvalue weighted by Crippen LogP contribution is 2.20. The lowest BCUT2D eigenvalue weighted by Gasteiger charge is -2.21. The predicted octanol–water partition coefficient (Wildman–Crippen LogP) is 4.16. The topological polar surface area (TPSA) is 21.3 Å². The minimum absolute atomic E-state index is 0.103. The van der Waals surface area contributed by atoms with Gasteiger partial charge in [0.1, 0.15) is 12.4 Å². The third kappa shape index (κ3) is 4.39. The molecular weight excluding hydrogens is 246 g/mol. The molecule has 20 heavy (non-hydrogen) atoms. The van der Waals surface area contributed by atoms with E-state index < -0.39 is 0 Å². The van der Waals surface area contributed by atoms with E-state index in [9.17, 15) is 0 Å². The molecule has 2 nitrogen and oxygen atoms in total. The Hall–Kier alpha value is -1.80. The van der Waals surface area contributed by atoms with Gasteiger partial charge in [0.05, 0.1) is 0 Å². The number of nitrogens with one attached hydrogen (secondary N) is 1. The summed E-state index contributed by atoms with van der Waals surface area (Å²) in [5.41, 5.74) is 1.15. The fourth-order valence-corrected chi connectivity index (χ4v) is 1.88. The summed E-state index contributed by atoms with van der Waals surface area (Å²) in [4.78, 5) is 0. The van der Waals surface area contributed by atoms with Crippen molar-refractivity contribution in [3.05, 3.63) is 54.6 Å². The summed E-state index contributed by atoms with van der Waals surface area (Å²) >= 11 is 0. The fourth-order valence-electron chi connectivity index (χ4n) is 1.88. The van der Waals surface area contributed by atoms with Crippen LogP contribution in [0.4, 0.5) is 0 Å². The molecule has 0 bridgehead atoms. The highest BCUT2D eigenvalue weighted by Gasteiger charge is 2.08. The molecule has 0 aliphatic heterocycles. The molecule has 0 saturated heterocycles. The van der Waals surface area contributed by atoms with Gasteiger partial charge in [-0.1, -0.05) is 36.9 Å². The van der Waals surface area contributed by atoms with E-state index in [0.29, 0.717) is 6.61 Å². The molecule has 0 unspecified atom stereocenters. The average molecular weight is 269 g/mol. The summed E-state index contributed by atoms with van der Waals surface area (Å²) in [5, 5.41) is 5.84. The molecule has 0 fully saturated rings. The summed E-state index contributed by atoms with van der Waals surface area (Å²) < 4.78 is 5.80. The quantitative estimate of drug-likeness (QED) is 0.823. The maximum absolute atomic E-state index is 5.80. The molecule has 2 aromatic carbocycles. The number of benzene rings is 2. The molecule has 1 N–H and O–H groups in total. The van der Waals surface area contributed by atoms with Gasteiger partial charge in [0.2, 0.25) is 0 Å². The first-order valence-electron chi connectivity index (χ1n) is 6.97. The Kier molecular flexibility index (Phi) is 4.46. The highest BCUT2D eigenvalue weighted by molar-refractivity contribution is 5.83. The van der Waals surface area contributed by atoms with Gasteiger partial charge in [-0.15, -0.1) is 0 Å². The van der Waals surface area contributed by atoms with Crippen molar-refractivity contribution in [1.82, 2.24) is 5.32 Å². The lowest BCUT2D eigenvalue weighted by molar-refractivity contribution is 0.342. The Morgan fingerprint density at radius 3 is 2.50 bits per heavy atom. The van der Waals surface area contributed by atoms with Crippen molar-refractivity contribution in [2.75, 3.05) is 13.2 Å². The largest absolute Gasteiger partial charge is 0.489 e. The molecule has 2 heteroatoms. The zero-order valence-corrected chi connectivity index (χ0v) is 12.6. The molecule has 0 heterocycles. The van der Waals surface area contributed by atoms with Crippen molar-refractivity contribution in [2.24, 2.45) is 0 Å². The van der Waals surface area contributed by atoms with Gasteiger partial charge in [0.25, 0.3) is 0 Å². The second kappa shape index (κ2) is 6.10. The molecule has 0 aromatic heterocycles.